The predicted octanol–water partition coefficient (Wildman–Crippen LogP) is 4.97. The molecular weight excluding hydrogens is 318 g/mol. The number of methoxy groups -OCH3 is 1. The number of likely N-dealkylation sites (tertiary alicyclic amines) is 1. The summed E-state index contributed by atoms with van der Waals surface area (Å²) < 4.78 is 5.61. The van der Waals surface area contributed by atoms with Gasteiger partial charge in [-0.2, -0.15) is 0 Å². The lowest BCUT2D eigenvalue weighted by atomic mass is 9.49. The summed E-state index contributed by atoms with van der Waals surface area (Å²) in [7, 11) is 1.80. The van der Waals surface area contributed by atoms with E-state index in [0.717, 1.165) is 29.5 Å². The fourth-order valence-electron chi connectivity index (χ4n) is 6.95. The molecule has 1 aliphatic heterocycles. The summed E-state index contributed by atoms with van der Waals surface area (Å²) in [5, 5.41) is 0. The van der Waals surface area contributed by atoms with E-state index in [1.165, 1.54) is 63.6 Å². The van der Waals surface area contributed by atoms with Gasteiger partial charge in [0.15, 0.2) is 0 Å². The smallest absolute Gasteiger partial charge is 0.119 e. The van der Waals surface area contributed by atoms with E-state index in [1.54, 1.807) is 18.2 Å². The van der Waals surface area contributed by atoms with E-state index in [0.29, 0.717) is 5.41 Å². The number of hydrogen-bond donors (Lipinski definition) is 0. The van der Waals surface area contributed by atoms with Gasteiger partial charge < -0.3 is 4.74 Å². The second-order valence-corrected chi connectivity index (χ2v) is 9.63. The molecule has 2 heteroatoms. The Hall–Kier alpha value is -1.28. The third-order valence-corrected chi connectivity index (χ3v) is 8.16. The summed E-state index contributed by atoms with van der Waals surface area (Å²) in [6, 6.07) is 7.62. The van der Waals surface area contributed by atoms with Gasteiger partial charge in [0, 0.05) is 18.0 Å². The molecule has 2 nitrogen and oxygen atoms in total. The zero-order valence-electron chi connectivity index (χ0n) is 16.5. The highest BCUT2D eigenvalue weighted by atomic mass is 16.5. The van der Waals surface area contributed by atoms with Crippen LogP contribution in [0.5, 0.6) is 5.75 Å². The van der Waals surface area contributed by atoms with Crippen molar-refractivity contribution in [1.82, 2.24) is 4.90 Å². The first-order valence-corrected chi connectivity index (χ1v) is 10.7. The Morgan fingerprint density at radius 1 is 1.27 bits per heavy atom. The summed E-state index contributed by atoms with van der Waals surface area (Å²) in [5.74, 6) is 3.51. The van der Waals surface area contributed by atoms with Crippen LogP contribution in [-0.4, -0.2) is 31.1 Å². The van der Waals surface area contributed by atoms with Gasteiger partial charge in [0.2, 0.25) is 0 Å². The maximum atomic E-state index is 5.61. The molecule has 3 aliphatic carbocycles. The van der Waals surface area contributed by atoms with Gasteiger partial charge >= 0.3 is 0 Å². The van der Waals surface area contributed by atoms with Gasteiger partial charge in [-0.25, -0.2) is 0 Å². The van der Waals surface area contributed by atoms with Crippen LogP contribution in [0.4, 0.5) is 0 Å². The third kappa shape index (κ3) is 2.41. The largest absolute Gasteiger partial charge is 0.497 e. The molecule has 0 N–H and O–H groups in total. The van der Waals surface area contributed by atoms with Crippen molar-refractivity contribution in [3.8, 4) is 5.75 Å². The molecule has 1 saturated heterocycles. The number of rotatable bonds is 3. The Bertz CT molecular complexity index is 721. The molecule has 3 fully saturated rings. The van der Waals surface area contributed by atoms with Crippen LogP contribution in [0.25, 0.3) is 0 Å². The average Bonchev–Trinajstić information content (AvgIpc) is 2.58. The topological polar surface area (TPSA) is 12.5 Å². The monoisotopic (exact) mass is 351 g/mol. The zero-order valence-corrected chi connectivity index (χ0v) is 16.5. The second kappa shape index (κ2) is 6.12. The van der Waals surface area contributed by atoms with E-state index in [-0.39, 0.29) is 0 Å². The molecule has 0 spiro atoms. The van der Waals surface area contributed by atoms with Crippen LogP contribution in [0.15, 0.2) is 30.4 Å². The molecule has 0 amide bonds. The maximum absolute atomic E-state index is 5.61. The molecule has 2 saturated carbocycles. The highest BCUT2D eigenvalue weighted by Crippen LogP contribution is 2.59. The second-order valence-electron chi connectivity index (χ2n) is 9.63. The normalized spacial score (nSPS) is 36.8. The molecule has 26 heavy (non-hydrogen) atoms. The summed E-state index contributed by atoms with van der Waals surface area (Å²) >= 11 is 0. The highest BCUT2D eigenvalue weighted by molar-refractivity contribution is 5.47. The van der Waals surface area contributed by atoms with Crippen LogP contribution in [0.3, 0.4) is 0 Å². The Morgan fingerprint density at radius 2 is 2.12 bits per heavy atom. The van der Waals surface area contributed by atoms with Crippen LogP contribution in [0, 0.1) is 17.8 Å². The van der Waals surface area contributed by atoms with Crippen molar-refractivity contribution >= 4 is 0 Å². The molecule has 1 aromatic rings. The number of allylic oxidation sites excluding steroid dienone is 1. The van der Waals surface area contributed by atoms with E-state index in [1.807, 2.05) is 0 Å². The SMILES string of the molecule is C=C1C[C@H](C)C2C3Cc4ccc(OC)cc4C2(CCN3CC2CCC2)C1. The number of nitrogens with zero attached hydrogens (tertiary/aromatic N) is 1. The summed E-state index contributed by atoms with van der Waals surface area (Å²) in [4.78, 5) is 2.89. The minimum Gasteiger partial charge on any atom is -0.497 e. The van der Waals surface area contributed by atoms with Gasteiger partial charge in [-0.3, -0.25) is 4.90 Å². The van der Waals surface area contributed by atoms with Crippen LogP contribution < -0.4 is 4.74 Å². The lowest BCUT2D eigenvalue weighted by Crippen LogP contribution is -2.63. The molecule has 0 radical (unpaired) electrons. The van der Waals surface area contributed by atoms with Crippen LogP contribution in [0.1, 0.15) is 56.6 Å². The number of ether oxygens (including phenoxy) is 1. The van der Waals surface area contributed by atoms with Gasteiger partial charge in [0.1, 0.15) is 5.75 Å². The fraction of sp³-hybridized carbons (Fsp3) is 0.667. The molecule has 140 valence electrons. The highest BCUT2D eigenvalue weighted by Gasteiger charge is 2.56. The molecule has 2 bridgehead atoms. The minimum absolute atomic E-state index is 0.303. The van der Waals surface area contributed by atoms with Crippen molar-refractivity contribution in [2.24, 2.45) is 17.8 Å². The minimum atomic E-state index is 0.303. The number of piperidine rings is 1. The fourth-order valence-corrected chi connectivity index (χ4v) is 6.95. The molecule has 1 heterocycles. The Morgan fingerprint density at radius 3 is 2.85 bits per heavy atom. The van der Waals surface area contributed by atoms with E-state index in [4.69, 9.17) is 4.74 Å². The van der Waals surface area contributed by atoms with Crippen LogP contribution in [-0.2, 0) is 11.8 Å². The lowest BCUT2D eigenvalue weighted by Gasteiger charge is -2.62. The Balaban J connectivity index is 1.58. The first-order valence-electron chi connectivity index (χ1n) is 10.7. The van der Waals surface area contributed by atoms with Crippen molar-refractivity contribution in [3.63, 3.8) is 0 Å². The van der Waals surface area contributed by atoms with Crippen molar-refractivity contribution in [1.29, 1.82) is 0 Å². The Kier molecular flexibility index (Phi) is 3.97. The van der Waals surface area contributed by atoms with Gasteiger partial charge in [0.25, 0.3) is 0 Å². The quantitative estimate of drug-likeness (QED) is 0.713. The first-order chi connectivity index (χ1) is 12.6. The molecule has 4 aliphatic rings. The predicted molar refractivity (Wildman–Crippen MR) is 107 cm³/mol. The maximum Gasteiger partial charge on any atom is 0.119 e. The van der Waals surface area contributed by atoms with Crippen LogP contribution in [0.2, 0.25) is 0 Å². The standard InChI is InChI=1S/C24H33NO/c1-16-11-17(2)23-22-12-19-7-8-20(26-3)13-21(19)24(23,14-16)9-10-25(22)15-18-5-4-6-18/h7-8,13,17-18,22-23H,1,4-6,9-12,14-15H2,2-3H3/t17-,22?,23?,24?/m0/s1. The van der Waals surface area contributed by atoms with Gasteiger partial charge in [-0.05, 0) is 86.1 Å². The number of hydrogen-bond acceptors (Lipinski definition) is 2. The number of fused-ring (bicyclic) bond motifs is 1. The molecule has 3 unspecified atom stereocenters. The zero-order chi connectivity index (χ0) is 17.9. The van der Waals surface area contributed by atoms with Crippen molar-refractivity contribution in [2.45, 2.75) is 63.3 Å². The molecule has 5 rings (SSSR count). The van der Waals surface area contributed by atoms with Crippen molar-refractivity contribution < 1.29 is 4.74 Å². The van der Waals surface area contributed by atoms with E-state index in [2.05, 4.69) is 36.6 Å². The summed E-state index contributed by atoms with van der Waals surface area (Å²) in [5.41, 5.74) is 4.94. The van der Waals surface area contributed by atoms with Crippen molar-refractivity contribution in [3.05, 3.63) is 41.5 Å². The van der Waals surface area contributed by atoms with E-state index in [9.17, 15) is 0 Å². The van der Waals surface area contributed by atoms with Crippen LogP contribution >= 0.6 is 0 Å². The third-order valence-electron chi connectivity index (χ3n) is 8.16. The average molecular weight is 352 g/mol. The van der Waals surface area contributed by atoms with Gasteiger partial charge in [-0.1, -0.05) is 31.6 Å². The van der Waals surface area contributed by atoms with E-state index >= 15 is 0 Å². The van der Waals surface area contributed by atoms with Crippen molar-refractivity contribution in [2.75, 3.05) is 20.2 Å². The molecule has 4 atom stereocenters. The lowest BCUT2D eigenvalue weighted by molar-refractivity contribution is -0.0376. The molecular formula is C24H33NO. The molecule has 1 aromatic carbocycles. The Labute approximate surface area is 158 Å². The van der Waals surface area contributed by atoms with E-state index < -0.39 is 0 Å². The summed E-state index contributed by atoms with van der Waals surface area (Å²) in [6.07, 6.45) is 9.31. The molecule has 0 aromatic heterocycles. The van der Waals surface area contributed by atoms with Gasteiger partial charge in [-0.15, -0.1) is 0 Å². The number of benzene rings is 1. The van der Waals surface area contributed by atoms with Gasteiger partial charge in [0.05, 0.1) is 7.11 Å². The first kappa shape index (κ1) is 16.9. The summed E-state index contributed by atoms with van der Waals surface area (Å²) in [6.45, 7) is 9.57.